The third-order valence-corrected chi connectivity index (χ3v) is 3.03. The van der Waals surface area contributed by atoms with E-state index in [4.69, 9.17) is 16.7 Å². The van der Waals surface area contributed by atoms with Crippen LogP contribution in [0.4, 0.5) is 10.1 Å². The second-order valence-electron chi connectivity index (χ2n) is 4.36. The number of hydrogen-bond acceptors (Lipinski definition) is 2. The number of nitrogens with one attached hydrogen (secondary N) is 1. The normalized spacial score (nSPS) is 10.3. The molecular formula is C15H13ClFNO2. The Kier molecular flexibility index (Phi) is 4.58. The highest BCUT2D eigenvalue weighted by Gasteiger charge is 2.03. The molecule has 2 aromatic carbocycles. The molecule has 0 unspecified atom stereocenters. The number of carboxylic acid groups (broad SMARTS) is 1. The molecule has 0 aromatic heterocycles. The number of anilines is 1. The van der Waals surface area contributed by atoms with E-state index in [0.29, 0.717) is 17.3 Å². The van der Waals surface area contributed by atoms with Gasteiger partial charge in [0.25, 0.3) is 0 Å². The maximum atomic E-state index is 13.5. The average molecular weight is 294 g/mol. The molecule has 0 aliphatic rings. The first kappa shape index (κ1) is 14.3. The predicted octanol–water partition coefficient (Wildman–Crippen LogP) is 3.72. The fourth-order valence-electron chi connectivity index (χ4n) is 1.78. The molecule has 0 saturated carbocycles. The van der Waals surface area contributed by atoms with Crippen LogP contribution in [0, 0.1) is 5.82 Å². The van der Waals surface area contributed by atoms with Gasteiger partial charge in [0, 0.05) is 11.6 Å². The third kappa shape index (κ3) is 3.96. The molecule has 0 heterocycles. The van der Waals surface area contributed by atoms with Gasteiger partial charge in [0.2, 0.25) is 0 Å². The van der Waals surface area contributed by atoms with Crippen LogP contribution in [0.15, 0.2) is 42.5 Å². The fraction of sp³-hybridized carbons (Fsp3) is 0.133. The summed E-state index contributed by atoms with van der Waals surface area (Å²) in [5, 5.41) is 12.0. The van der Waals surface area contributed by atoms with Crippen molar-refractivity contribution in [2.24, 2.45) is 0 Å². The predicted molar refractivity (Wildman–Crippen MR) is 76.5 cm³/mol. The lowest BCUT2D eigenvalue weighted by molar-refractivity contribution is -0.136. The van der Waals surface area contributed by atoms with Crippen LogP contribution in [0.25, 0.3) is 0 Å². The Bertz CT molecular complexity index is 614. The quantitative estimate of drug-likeness (QED) is 0.883. The Hall–Kier alpha value is -2.07. The summed E-state index contributed by atoms with van der Waals surface area (Å²) >= 11 is 5.68. The minimum Gasteiger partial charge on any atom is -0.481 e. The standard InChI is InChI=1S/C15H13ClFNO2/c16-12-5-6-14(13(17)8-12)18-9-11-3-1-10(2-4-11)7-15(19)20/h1-6,8,18H,7,9H2,(H,19,20). The molecule has 0 aliphatic heterocycles. The number of halogens is 2. The molecule has 0 bridgehead atoms. The zero-order valence-electron chi connectivity index (χ0n) is 10.6. The molecule has 104 valence electrons. The first-order valence-corrected chi connectivity index (χ1v) is 6.41. The average Bonchev–Trinajstić information content (AvgIpc) is 2.39. The van der Waals surface area contributed by atoms with Crippen molar-refractivity contribution in [2.45, 2.75) is 13.0 Å². The largest absolute Gasteiger partial charge is 0.481 e. The Morgan fingerprint density at radius 2 is 1.80 bits per heavy atom. The van der Waals surface area contributed by atoms with Gasteiger partial charge >= 0.3 is 5.97 Å². The minimum absolute atomic E-state index is 0.000475. The second-order valence-corrected chi connectivity index (χ2v) is 4.80. The Morgan fingerprint density at radius 3 is 2.40 bits per heavy atom. The Labute approximate surface area is 121 Å². The van der Waals surface area contributed by atoms with E-state index in [0.717, 1.165) is 11.1 Å². The van der Waals surface area contributed by atoms with E-state index in [1.165, 1.54) is 6.07 Å². The molecule has 2 rings (SSSR count). The number of benzene rings is 2. The van der Waals surface area contributed by atoms with E-state index in [-0.39, 0.29) is 6.42 Å². The number of rotatable bonds is 5. The summed E-state index contributed by atoms with van der Waals surface area (Å²) in [5.74, 6) is -1.26. The van der Waals surface area contributed by atoms with Crippen molar-refractivity contribution in [1.29, 1.82) is 0 Å². The van der Waals surface area contributed by atoms with Gasteiger partial charge < -0.3 is 10.4 Å². The topological polar surface area (TPSA) is 49.3 Å². The second kappa shape index (κ2) is 6.39. The Morgan fingerprint density at radius 1 is 1.15 bits per heavy atom. The van der Waals surface area contributed by atoms with Crippen molar-refractivity contribution in [1.82, 2.24) is 0 Å². The van der Waals surface area contributed by atoms with E-state index >= 15 is 0 Å². The molecule has 0 atom stereocenters. The van der Waals surface area contributed by atoms with Crippen LogP contribution in [0.1, 0.15) is 11.1 Å². The van der Waals surface area contributed by atoms with Gasteiger partial charge in [0.15, 0.2) is 0 Å². The van der Waals surface area contributed by atoms with Crippen molar-refractivity contribution < 1.29 is 14.3 Å². The van der Waals surface area contributed by atoms with Gasteiger partial charge in [-0.1, -0.05) is 35.9 Å². The van der Waals surface area contributed by atoms with Crippen LogP contribution < -0.4 is 5.32 Å². The van der Waals surface area contributed by atoms with E-state index in [1.807, 2.05) is 12.1 Å². The summed E-state index contributed by atoms with van der Waals surface area (Å²) in [5.41, 5.74) is 2.05. The molecule has 20 heavy (non-hydrogen) atoms. The van der Waals surface area contributed by atoms with E-state index in [1.54, 1.807) is 24.3 Å². The van der Waals surface area contributed by atoms with Crippen LogP contribution >= 0.6 is 11.6 Å². The van der Waals surface area contributed by atoms with Crippen LogP contribution in [0.3, 0.4) is 0 Å². The summed E-state index contributed by atoms with van der Waals surface area (Å²) in [6, 6.07) is 11.6. The molecule has 0 aliphatic carbocycles. The van der Waals surface area contributed by atoms with Crippen molar-refractivity contribution in [3.63, 3.8) is 0 Å². The Balaban J connectivity index is 1.98. The van der Waals surface area contributed by atoms with Crippen LogP contribution in [-0.2, 0) is 17.8 Å². The van der Waals surface area contributed by atoms with Crippen molar-refractivity contribution >= 4 is 23.3 Å². The number of aliphatic carboxylic acids is 1. The molecule has 0 amide bonds. The molecule has 0 saturated heterocycles. The summed E-state index contributed by atoms with van der Waals surface area (Å²) in [4.78, 5) is 10.6. The number of hydrogen-bond donors (Lipinski definition) is 2. The molecule has 0 radical (unpaired) electrons. The van der Waals surface area contributed by atoms with Gasteiger partial charge in [0.05, 0.1) is 12.1 Å². The fourth-order valence-corrected chi connectivity index (χ4v) is 1.94. The van der Waals surface area contributed by atoms with E-state index in [9.17, 15) is 9.18 Å². The SMILES string of the molecule is O=C(O)Cc1ccc(CNc2ccc(Cl)cc2F)cc1. The lowest BCUT2D eigenvalue weighted by atomic mass is 10.1. The summed E-state index contributed by atoms with van der Waals surface area (Å²) in [7, 11) is 0. The van der Waals surface area contributed by atoms with Gasteiger partial charge in [-0.15, -0.1) is 0 Å². The molecule has 2 aromatic rings. The van der Waals surface area contributed by atoms with E-state index in [2.05, 4.69) is 5.32 Å². The maximum absolute atomic E-state index is 13.5. The van der Waals surface area contributed by atoms with Crippen molar-refractivity contribution in [2.75, 3.05) is 5.32 Å². The first-order valence-electron chi connectivity index (χ1n) is 6.03. The van der Waals surface area contributed by atoms with Crippen LogP contribution in [0.5, 0.6) is 0 Å². The molecule has 3 nitrogen and oxygen atoms in total. The lowest BCUT2D eigenvalue weighted by Gasteiger charge is -2.08. The highest BCUT2D eigenvalue weighted by atomic mass is 35.5. The smallest absolute Gasteiger partial charge is 0.307 e. The number of carbonyl (C=O) groups is 1. The maximum Gasteiger partial charge on any atom is 0.307 e. The van der Waals surface area contributed by atoms with Gasteiger partial charge in [-0.25, -0.2) is 4.39 Å². The lowest BCUT2D eigenvalue weighted by Crippen LogP contribution is -2.03. The molecule has 5 heteroatoms. The molecule has 0 fully saturated rings. The van der Waals surface area contributed by atoms with Gasteiger partial charge in [-0.2, -0.15) is 0 Å². The summed E-state index contributed by atoms with van der Waals surface area (Å²) < 4.78 is 13.5. The molecule has 0 spiro atoms. The monoisotopic (exact) mass is 293 g/mol. The minimum atomic E-state index is -0.862. The number of carboxylic acids is 1. The zero-order valence-corrected chi connectivity index (χ0v) is 11.3. The summed E-state index contributed by atoms with van der Waals surface area (Å²) in [6.45, 7) is 0.450. The molecular weight excluding hydrogens is 281 g/mol. The van der Waals surface area contributed by atoms with Crippen molar-refractivity contribution in [3.8, 4) is 0 Å². The third-order valence-electron chi connectivity index (χ3n) is 2.79. The van der Waals surface area contributed by atoms with Crippen molar-refractivity contribution in [3.05, 3.63) is 64.4 Å². The van der Waals surface area contributed by atoms with Gasteiger partial charge in [-0.05, 0) is 29.3 Å². The highest BCUT2D eigenvalue weighted by molar-refractivity contribution is 6.30. The van der Waals surface area contributed by atoms with Crippen LogP contribution in [0.2, 0.25) is 5.02 Å². The van der Waals surface area contributed by atoms with E-state index < -0.39 is 11.8 Å². The molecule has 2 N–H and O–H groups in total. The summed E-state index contributed by atoms with van der Waals surface area (Å²) in [6.07, 6.45) is -0.000475. The highest BCUT2D eigenvalue weighted by Crippen LogP contribution is 2.19. The van der Waals surface area contributed by atoms with Gasteiger partial charge in [-0.3, -0.25) is 4.79 Å². The first-order chi connectivity index (χ1) is 9.54. The van der Waals surface area contributed by atoms with Gasteiger partial charge in [0.1, 0.15) is 5.82 Å². The van der Waals surface area contributed by atoms with Crippen LogP contribution in [-0.4, -0.2) is 11.1 Å². The zero-order chi connectivity index (χ0) is 14.5.